The highest BCUT2D eigenvalue weighted by atomic mass is 35.5. The summed E-state index contributed by atoms with van der Waals surface area (Å²) in [6, 6.07) is 14.5. The van der Waals surface area contributed by atoms with E-state index in [4.69, 9.17) is 18.9 Å². The lowest BCUT2D eigenvalue weighted by Crippen LogP contribution is -2.39. The van der Waals surface area contributed by atoms with Gasteiger partial charge in [0, 0.05) is 12.6 Å². The number of nitrogens with zero attached hydrogens (tertiary/aromatic N) is 2. The van der Waals surface area contributed by atoms with Crippen LogP contribution in [0, 0.1) is 17.2 Å². The van der Waals surface area contributed by atoms with Crippen LogP contribution in [0.1, 0.15) is 50.8 Å². The molecular formula is C27H40ClN3O4. The zero-order valence-electron chi connectivity index (χ0n) is 22.2. The van der Waals surface area contributed by atoms with Crippen LogP contribution < -0.4 is 24.4 Å². The lowest BCUT2D eigenvalue weighted by Gasteiger charge is -2.34. The first kappa shape index (κ1) is 30.4. The molecule has 0 aromatic heterocycles. The number of hydrazine groups is 1. The van der Waals surface area contributed by atoms with Crippen LogP contribution in [-0.4, -0.2) is 47.0 Å². The molecule has 0 amide bonds. The first-order valence-corrected chi connectivity index (χ1v) is 11.6. The lowest BCUT2D eigenvalue weighted by molar-refractivity contribution is 0.141. The van der Waals surface area contributed by atoms with Crippen molar-refractivity contribution in [1.29, 1.82) is 5.26 Å². The Kier molecular flexibility index (Phi) is 12.2. The molecule has 2 aromatic carbocycles. The van der Waals surface area contributed by atoms with Gasteiger partial charge in [0.05, 0.1) is 39.9 Å². The fourth-order valence-corrected chi connectivity index (χ4v) is 4.45. The van der Waals surface area contributed by atoms with Gasteiger partial charge in [0.1, 0.15) is 0 Å². The number of methoxy groups -OCH3 is 4. The highest BCUT2D eigenvalue weighted by Gasteiger charge is 2.36. The van der Waals surface area contributed by atoms with Crippen molar-refractivity contribution in [2.45, 2.75) is 45.1 Å². The third-order valence-electron chi connectivity index (χ3n) is 6.70. The number of halogens is 1. The normalized spacial score (nSPS) is 13.4. The van der Waals surface area contributed by atoms with E-state index in [2.05, 4.69) is 37.3 Å². The molecule has 0 aliphatic rings. The van der Waals surface area contributed by atoms with Crippen LogP contribution in [0.3, 0.4) is 0 Å². The summed E-state index contributed by atoms with van der Waals surface area (Å²) >= 11 is 0. The summed E-state index contributed by atoms with van der Waals surface area (Å²) < 4.78 is 21.7. The number of hydrogen-bond acceptors (Lipinski definition) is 7. The van der Waals surface area contributed by atoms with Gasteiger partial charge in [-0.25, -0.2) is 5.01 Å². The van der Waals surface area contributed by atoms with Crippen LogP contribution in [0.2, 0.25) is 0 Å². The fourth-order valence-electron chi connectivity index (χ4n) is 4.45. The van der Waals surface area contributed by atoms with Gasteiger partial charge in [0.25, 0.3) is 0 Å². The number of hydrogen-bond donors (Lipinski definition) is 1. The Morgan fingerprint density at radius 3 is 1.91 bits per heavy atom. The Bertz CT molecular complexity index is 979. The van der Waals surface area contributed by atoms with Gasteiger partial charge in [0.15, 0.2) is 23.0 Å². The molecule has 8 heteroatoms. The summed E-state index contributed by atoms with van der Waals surface area (Å²) in [5.74, 6) is 2.84. The number of rotatable bonds is 13. The van der Waals surface area contributed by atoms with Gasteiger partial charge < -0.3 is 18.9 Å². The molecule has 2 rings (SSSR count). The van der Waals surface area contributed by atoms with E-state index in [1.165, 1.54) is 0 Å². The molecule has 0 aliphatic heterocycles. The van der Waals surface area contributed by atoms with Crippen molar-refractivity contribution in [1.82, 2.24) is 10.4 Å². The van der Waals surface area contributed by atoms with E-state index >= 15 is 0 Å². The van der Waals surface area contributed by atoms with E-state index in [-0.39, 0.29) is 24.4 Å². The molecule has 0 saturated heterocycles. The Labute approximate surface area is 216 Å². The Hall–Kier alpha value is -2.66. The van der Waals surface area contributed by atoms with Gasteiger partial charge >= 0.3 is 0 Å². The maximum atomic E-state index is 10.3. The van der Waals surface area contributed by atoms with Crippen LogP contribution in [0.5, 0.6) is 23.0 Å². The number of benzene rings is 2. The van der Waals surface area contributed by atoms with Crippen LogP contribution in [0.15, 0.2) is 36.4 Å². The summed E-state index contributed by atoms with van der Waals surface area (Å²) in [5, 5.41) is 12.5. The largest absolute Gasteiger partial charge is 0.493 e. The molecule has 0 spiro atoms. The average molecular weight is 506 g/mol. The van der Waals surface area contributed by atoms with Crippen molar-refractivity contribution < 1.29 is 18.9 Å². The molecule has 2 atom stereocenters. The van der Waals surface area contributed by atoms with Crippen LogP contribution in [0.4, 0.5) is 0 Å². The van der Waals surface area contributed by atoms with Crippen LogP contribution in [0.25, 0.3) is 0 Å². The molecule has 0 fully saturated rings. The van der Waals surface area contributed by atoms with Crippen LogP contribution in [-0.2, 0) is 5.41 Å². The minimum absolute atomic E-state index is 0. The summed E-state index contributed by atoms with van der Waals surface area (Å²) in [6.07, 6.45) is 1.55. The van der Waals surface area contributed by atoms with Gasteiger partial charge in [0.2, 0.25) is 0 Å². The Morgan fingerprint density at radius 2 is 1.43 bits per heavy atom. The van der Waals surface area contributed by atoms with Gasteiger partial charge in [-0.2, -0.15) is 5.26 Å². The molecule has 7 nitrogen and oxygen atoms in total. The first-order valence-electron chi connectivity index (χ1n) is 11.6. The average Bonchev–Trinajstić information content (AvgIpc) is 2.87. The molecule has 0 saturated carbocycles. The predicted octanol–water partition coefficient (Wildman–Crippen LogP) is 5.54. The molecule has 0 aliphatic carbocycles. The smallest absolute Gasteiger partial charge is 0.161 e. The quantitative estimate of drug-likeness (QED) is 0.358. The fraction of sp³-hybridized carbons (Fsp3) is 0.519. The minimum Gasteiger partial charge on any atom is -0.493 e. The monoisotopic (exact) mass is 505 g/mol. The summed E-state index contributed by atoms with van der Waals surface area (Å²) in [4.78, 5) is 0. The molecule has 1 N–H and O–H groups in total. The molecular weight excluding hydrogens is 466 g/mol. The molecule has 35 heavy (non-hydrogen) atoms. The van der Waals surface area contributed by atoms with Gasteiger partial charge in [-0.3, -0.25) is 5.43 Å². The third kappa shape index (κ3) is 6.72. The molecule has 0 heterocycles. The maximum absolute atomic E-state index is 10.3. The summed E-state index contributed by atoms with van der Waals surface area (Å²) in [6.45, 7) is 7.12. The standard InChI is InChI=1S/C27H39N3O4.ClH/c1-19(2)27(18-28,22-11-13-24(32-6)26(17-22)34-8)14-9-15-30(29-4)20(3)21-10-12-23(31-5)25(16-21)33-7;/h10-13,16-17,19-20,29H,9,14-15H2,1-8H3;1H. The van der Waals surface area contributed by atoms with Crippen molar-refractivity contribution in [2.24, 2.45) is 5.92 Å². The van der Waals surface area contributed by atoms with Crippen LogP contribution >= 0.6 is 12.4 Å². The van der Waals surface area contributed by atoms with E-state index in [1.54, 1.807) is 28.4 Å². The maximum Gasteiger partial charge on any atom is 0.161 e. The second kappa shape index (κ2) is 14.0. The molecule has 194 valence electrons. The topological polar surface area (TPSA) is 76.0 Å². The lowest BCUT2D eigenvalue weighted by atomic mass is 9.69. The van der Waals surface area contributed by atoms with Crippen molar-refractivity contribution in [3.63, 3.8) is 0 Å². The van der Waals surface area contributed by atoms with E-state index in [9.17, 15) is 5.26 Å². The van der Waals surface area contributed by atoms with Crippen molar-refractivity contribution in [2.75, 3.05) is 42.0 Å². The second-order valence-corrected chi connectivity index (χ2v) is 8.62. The SMILES string of the molecule is CNN(CCCC(C#N)(c1ccc(OC)c(OC)c1)C(C)C)C(C)c1ccc(OC)c(OC)c1.Cl. The Balaban J connectivity index is 0.00000612. The summed E-state index contributed by atoms with van der Waals surface area (Å²) in [7, 11) is 8.43. The van der Waals surface area contributed by atoms with Crippen molar-refractivity contribution in [3.8, 4) is 29.1 Å². The molecule has 2 aromatic rings. The van der Waals surface area contributed by atoms with E-state index in [1.807, 2.05) is 43.4 Å². The molecule has 0 radical (unpaired) electrons. The number of nitriles is 1. The zero-order chi connectivity index (χ0) is 25.3. The van der Waals surface area contributed by atoms with Gasteiger partial charge in [-0.1, -0.05) is 26.0 Å². The van der Waals surface area contributed by atoms with E-state index in [0.717, 1.165) is 24.1 Å². The number of ether oxygens (including phenoxy) is 4. The first-order chi connectivity index (χ1) is 16.3. The number of nitrogens with one attached hydrogen (secondary N) is 1. The third-order valence-corrected chi connectivity index (χ3v) is 6.70. The highest BCUT2D eigenvalue weighted by molar-refractivity contribution is 5.85. The van der Waals surface area contributed by atoms with E-state index < -0.39 is 5.41 Å². The van der Waals surface area contributed by atoms with E-state index in [0.29, 0.717) is 29.4 Å². The predicted molar refractivity (Wildman–Crippen MR) is 142 cm³/mol. The highest BCUT2D eigenvalue weighted by Crippen LogP contribution is 2.40. The minimum atomic E-state index is -0.633. The molecule has 2 unspecified atom stereocenters. The van der Waals surface area contributed by atoms with Gasteiger partial charge in [-0.05, 0) is 68.1 Å². The zero-order valence-corrected chi connectivity index (χ0v) is 23.0. The summed E-state index contributed by atoms with van der Waals surface area (Å²) in [5.41, 5.74) is 4.75. The van der Waals surface area contributed by atoms with Crippen molar-refractivity contribution >= 4 is 12.4 Å². The molecule has 0 bridgehead atoms. The van der Waals surface area contributed by atoms with Gasteiger partial charge in [-0.15, -0.1) is 12.4 Å². The van der Waals surface area contributed by atoms with Crippen molar-refractivity contribution in [3.05, 3.63) is 47.5 Å². The second-order valence-electron chi connectivity index (χ2n) is 8.62. The Morgan fingerprint density at radius 1 is 0.886 bits per heavy atom.